The molecule has 134 valence electrons. The Labute approximate surface area is 158 Å². The third-order valence-electron chi connectivity index (χ3n) is 3.47. The maximum Gasteiger partial charge on any atom is 0.270 e. The zero-order valence-corrected chi connectivity index (χ0v) is 15.6. The van der Waals surface area contributed by atoms with Crippen LogP contribution in [0.2, 0.25) is 0 Å². The molecule has 2 aromatic carbocycles. The molecule has 1 N–H and O–H groups in total. The van der Waals surface area contributed by atoms with Crippen LogP contribution in [0.5, 0.6) is 11.5 Å². The molecule has 7 nitrogen and oxygen atoms in total. The smallest absolute Gasteiger partial charge is 0.270 e. The SMILES string of the molecule is COc1ccc(SNc2nc(-c3cccc([N+](=O)[O-])c3)cs2)cc1OC. The van der Waals surface area contributed by atoms with Crippen LogP contribution in [-0.4, -0.2) is 24.1 Å². The van der Waals surface area contributed by atoms with Crippen molar-refractivity contribution in [2.24, 2.45) is 0 Å². The average molecular weight is 389 g/mol. The Morgan fingerprint density at radius 3 is 2.69 bits per heavy atom. The molecule has 3 aromatic rings. The van der Waals surface area contributed by atoms with Gasteiger partial charge < -0.3 is 14.2 Å². The van der Waals surface area contributed by atoms with Gasteiger partial charge in [0.1, 0.15) is 0 Å². The molecule has 0 aliphatic rings. The molecule has 1 heterocycles. The van der Waals surface area contributed by atoms with E-state index in [9.17, 15) is 10.1 Å². The van der Waals surface area contributed by atoms with Crippen molar-refractivity contribution in [3.63, 3.8) is 0 Å². The highest BCUT2D eigenvalue weighted by atomic mass is 32.2. The molecule has 0 saturated carbocycles. The van der Waals surface area contributed by atoms with Crippen molar-refractivity contribution >= 4 is 34.1 Å². The summed E-state index contributed by atoms with van der Waals surface area (Å²) in [7, 11) is 3.18. The second kappa shape index (κ2) is 8.07. The van der Waals surface area contributed by atoms with Gasteiger partial charge in [0.05, 0.1) is 24.8 Å². The molecular weight excluding hydrogens is 374 g/mol. The fraction of sp³-hybridized carbons (Fsp3) is 0.118. The minimum absolute atomic E-state index is 0.0460. The molecule has 26 heavy (non-hydrogen) atoms. The Morgan fingerprint density at radius 1 is 1.15 bits per heavy atom. The van der Waals surface area contributed by atoms with Crippen LogP contribution in [-0.2, 0) is 0 Å². The number of nitro benzene ring substituents is 1. The Kier molecular flexibility index (Phi) is 5.59. The van der Waals surface area contributed by atoms with Crippen molar-refractivity contribution in [1.29, 1.82) is 0 Å². The van der Waals surface area contributed by atoms with Crippen LogP contribution in [0.3, 0.4) is 0 Å². The standard InChI is InChI=1S/C17H15N3O4S2/c1-23-15-7-6-13(9-16(15)24-2)26-19-17-18-14(10-25-17)11-4-3-5-12(8-11)20(21)22/h3-10H,1-2H3,(H,18,19). The minimum Gasteiger partial charge on any atom is -0.493 e. The first kappa shape index (κ1) is 18.0. The lowest BCUT2D eigenvalue weighted by molar-refractivity contribution is -0.384. The highest BCUT2D eigenvalue weighted by Crippen LogP contribution is 2.34. The summed E-state index contributed by atoms with van der Waals surface area (Å²) < 4.78 is 13.7. The predicted octanol–water partition coefficient (Wildman–Crippen LogP) is 4.85. The lowest BCUT2D eigenvalue weighted by Crippen LogP contribution is -1.92. The lowest BCUT2D eigenvalue weighted by Gasteiger charge is -2.09. The topological polar surface area (TPSA) is 86.5 Å². The summed E-state index contributed by atoms with van der Waals surface area (Å²) in [6.07, 6.45) is 0. The first-order chi connectivity index (χ1) is 12.6. The van der Waals surface area contributed by atoms with Crippen LogP contribution in [0.4, 0.5) is 10.8 Å². The summed E-state index contributed by atoms with van der Waals surface area (Å²) in [4.78, 5) is 15.9. The number of nitrogens with one attached hydrogen (secondary N) is 1. The number of anilines is 1. The summed E-state index contributed by atoms with van der Waals surface area (Å²) in [5.74, 6) is 1.31. The monoisotopic (exact) mass is 389 g/mol. The summed E-state index contributed by atoms with van der Waals surface area (Å²) in [6, 6.07) is 12.0. The Hall–Kier alpha value is -2.78. The summed E-state index contributed by atoms with van der Waals surface area (Å²) >= 11 is 2.82. The molecule has 0 atom stereocenters. The van der Waals surface area contributed by atoms with Gasteiger partial charge in [-0.2, -0.15) is 0 Å². The number of methoxy groups -OCH3 is 2. The third-order valence-corrected chi connectivity index (χ3v) is 5.14. The largest absolute Gasteiger partial charge is 0.493 e. The maximum atomic E-state index is 10.9. The van der Waals surface area contributed by atoms with E-state index in [-0.39, 0.29) is 5.69 Å². The second-order valence-electron chi connectivity index (χ2n) is 5.07. The van der Waals surface area contributed by atoms with Gasteiger partial charge >= 0.3 is 0 Å². The van der Waals surface area contributed by atoms with Crippen LogP contribution in [0.1, 0.15) is 0 Å². The summed E-state index contributed by atoms with van der Waals surface area (Å²) in [6.45, 7) is 0. The molecular formula is C17H15N3O4S2. The summed E-state index contributed by atoms with van der Waals surface area (Å²) in [5, 5.41) is 13.5. The number of hydrogen-bond donors (Lipinski definition) is 1. The van der Waals surface area contributed by atoms with E-state index in [1.807, 2.05) is 23.6 Å². The van der Waals surface area contributed by atoms with E-state index < -0.39 is 4.92 Å². The Bertz CT molecular complexity index is 930. The Morgan fingerprint density at radius 2 is 1.96 bits per heavy atom. The van der Waals surface area contributed by atoms with Crippen LogP contribution >= 0.6 is 23.3 Å². The van der Waals surface area contributed by atoms with E-state index in [2.05, 4.69) is 9.71 Å². The van der Waals surface area contributed by atoms with Gasteiger partial charge in [0.25, 0.3) is 5.69 Å². The average Bonchev–Trinajstić information content (AvgIpc) is 3.15. The lowest BCUT2D eigenvalue weighted by atomic mass is 10.1. The number of thiazole rings is 1. The molecule has 0 amide bonds. The number of nitro groups is 1. The van der Waals surface area contributed by atoms with Crippen molar-refractivity contribution in [3.05, 3.63) is 58.0 Å². The molecule has 0 fully saturated rings. The molecule has 0 spiro atoms. The number of aromatic nitrogens is 1. The molecule has 0 aliphatic heterocycles. The molecule has 3 rings (SSSR count). The molecule has 1 aromatic heterocycles. The summed E-state index contributed by atoms with van der Waals surface area (Å²) in [5.41, 5.74) is 1.44. The third kappa shape index (κ3) is 4.06. The fourth-order valence-corrected chi connectivity index (χ4v) is 3.65. The molecule has 0 saturated heterocycles. The second-order valence-corrected chi connectivity index (χ2v) is 6.80. The zero-order valence-electron chi connectivity index (χ0n) is 14.0. The van der Waals surface area contributed by atoms with Crippen LogP contribution in [0, 0.1) is 10.1 Å². The highest BCUT2D eigenvalue weighted by molar-refractivity contribution is 8.00. The van der Waals surface area contributed by atoms with E-state index in [1.54, 1.807) is 26.4 Å². The van der Waals surface area contributed by atoms with Gasteiger partial charge in [0.15, 0.2) is 16.6 Å². The van der Waals surface area contributed by atoms with Crippen LogP contribution < -0.4 is 14.2 Å². The van der Waals surface area contributed by atoms with Gasteiger partial charge in [-0.1, -0.05) is 12.1 Å². The molecule has 0 radical (unpaired) electrons. The van der Waals surface area contributed by atoms with Crippen molar-refractivity contribution in [1.82, 2.24) is 4.98 Å². The van der Waals surface area contributed by atoms with Gasteiger partial charge in [-0.15, -0.1) is 11.3 Å². The van der Waals surface area contributed by atoms with E-state index in [0.717, 1.165) is 4.90 Å². The quantitative estimate of drug-likeness (QED) is 0.351. The van der Waals surface area contributed by atoms with Crippen LogP contribution in [0.15, 0.2) is 52.7 Å². The van der Waals surface area contributed by atoms with E-state index >= 15 is 0 Å². The molecule has 0 bridgehead atoms. The minimum atomic E-state index is -0.415. The van der Waals surface area contributed by atoms with E-state index in [0.29, 0.717) is 27.9 Å². The fourth-order valence-electron chi connectivity index (χ4n) is 2.21. The van der Waals surface area contributed by atoms with Crippen LogP contribution in [0.25, 0.3) is 11.3 Å². The van der Waals surface area contributed by atoms with Gasteiger partial charge in [0.2, 0.25) is 0 Å². The number of ether oxygens (including phenoxy) is 2. The number of benzene rings is 2. The van der Waals surface area contributed by atoms with Crippen molar-refractivity contribution in [2.45, 2.75) is 4.90 Å². The van der Waals surface area contributed by atoms with Crippen molar-refractivity contribution in [2.75, 3.05) is 18.9 Å². The van der Waals surface area contributed by atoms with Gasteiger partial charge in [-0.25, -0.2) is 4.98 Å². The number of hydrogen-bond acceptors (Lipinski definition) is 8. The van der Waals surface area contributed by atoms with Gasteiger partial charge in [0, 0.05) is 28.0 Å². The van der Waals surface area contributed by atoms with Gasteiger partial charge in [-0.05, 0) is 30.1 Å². The number of non-ortho nitro benzene ring substituents is 1. The van der Waals surface area contributed by atoms with Crippen molar-refractivity contribution in [3.8, 4) is 22.8 Å². The van der Waals surface area contributed by atoms with E-state index in [1.165, 1.54) is 35.4 Å². The molecule has 0 aliphatic carbocycles. The Balaban J connectivity index is 1.71. The van der Waals surface area contributed by atoms with E-state index in [4.69, 9.17) is 9.47 Å². The highest BCUT2D eigenvalue weighted by Gasteiger charge is 2.11. The predicted molar refractivity (Wildman–Crippen MR) is 103 cm³/mol. The molecule has 9 heteroatoms. The number of nitrogens with zero attached hydrogens (tertiary/aromatic N) is 2. The first-order valence-corrected chi connectivity index (χ1v) is 9.15. The normalized spacial score (nSPS) is 10.4. The maximum absolute atomic E-state index is 10.9. The first-order valence-electron chi connectivity index (χ1n) is 7.46. The van der Waals surface area contributed by atoms with Crippen molar-refractivity contribution < 1.29 is 14.4 Å². The van der Waals surface area contributed by atoms with Gasteiger partial charge in [-0.3, -0.25) is 10.1 Å². The number of rotatable bonds is 7. The zero-order chi connectivity index (χ0) is 18.5. The molecule has 0 unspecified atom stereocenters.